The number of hydrogen-bond donors (Lipinski definition) is 0. The summed E-state index contributed by atoms with van der Waals surface area (Å²) in [5, 5.41) is 0. The van der Waals surface area contributed by atoms with Crippen LogP contribution in [0.15, 0.2) is 0 Å². The molecule has 4 heterocycles. The molecule has 0 unspecified atom stereocenters. The molecule has 3 fully saturated rings. The van der Waals surface area contributed by atoms with E-state index in [9.17, 15) is 9.59 Å². The van der Waals surface area contributed by atoms with Gasteiger partial charge in [0.1, 0.15) is 11.6 Å². The highest BCUT2D eigenvalue weighted by Crippen LogP contribution is 2.36. The van der Waals surface area contributed by atoms with Crippen molar-refractivity contribution in [2.24, 2.45) is 5.92 Å². The van der Waals surface area contributed by atoms with Gasteiger partial charge in [0.15, 0.2) is 0 Å². The van der Waals surface area contributed by atoms with E-state index in [1.807, 2.05) is 9.80 Å². The lowest BCUT2D eigenvalue weighted by atomic mass is 9.94. The Balaban J connectivity index is 1.21. The minimum atomic E-state index is 0.203. The summed E-state index contributed by atoms with van der Waals surface area (Å²) in [5.41, 5.74) is 2.16. The first-order valence-electron chi connectivity index (χ1n) is 12.3. The minimum absolute atomic E-state index is 0.203. The van der Waals surface area contributed by atoms with E-state index in [4.69, 9.17) is 14.7 Å². The summed E-state index contributed by atoms with van der Waals surface area (Å²) in [6.45, 7) is 8.58. The molecule has 32 heavy (non-hydrogen) atoms. The van der Waals surface area contributed by atoms with Crippen LogP contribution in [0.25, 0.3) is 0 Å². The van der Waals surface area contributed by atoms with Crippen molar-refractivity contribution >= 4 is 17.6 Å². The van der Waals surface area contributed by atoms with Gasteiger partial charge in [-0.2, -0.15) is 0 Å². The summed E-state index contributed by atoms with van der Waals surface area (Å²) in [6, 6.07) is 0. The van der Waals surface area contributed by atoms with Gasteiger partial charge in [0, 0.05) is 69.3 Å². The molecule has 3 aliphatic heterocycles. The second-order valence-corrected chi connectivity index (χ2v) is 9.78. The van der Waals surface area contributed by atoms with Crippen molar-refractivity contribution in [1.82, 2.24) is 19.8 Å². The van der Waals surface area contributed by atoms with Gasteiger partial charge in [0.05, 0.1) is 13.2 Å². The maximum atomic E-state index is 12.7. The average Bonchev–Trinajstić information content (AvgIpc) is 3.64. The number of piperidine rings is 1. The number of carbonyl (C=O) groups excluding carboxylic acids is 2. The number of ether oxygens (including phenoxy) is 1. The molecule has 0 radical (unpaired) electrons. The Kier molecular flexibility index (Phi) is 6.42. The maximum absolute atomic E-state index is 12.7. The van der Waals surface area contributed by atoms with Gasteiger partial charge < -0.3 is 9.64 Å². The van der Waals surface area contributed by atoms with Crippen molar-refractivity contribution in [1.29, 1.82) is 0 Å². The average molecular weight is 442 g/mol. The fourth-order valence-corrected chi connectivity index (χ4v) is 5.16. The number of anilines is 1. The van der Waals surface area contributed by atoms with E-state index in [2.05, 4.69) is 11.8 Å². The SMILES string of the molecule is Cc1nc(C2CCN(C(=O)CCN3CCOCC3)CC2)nc2c1CCC(=O)N2CC1CC1. The van der Waals surface area contributed by atoms with E-state index in [-0.39, 0.29) is 17.7 Å². The maximum Gasteiger partial charge on any atom is 0.228 e. The molecule has 0 spiro atoms. The molecule has 1 aliphatic carbocycles. The van der Waals surface area contributed by atoms with Crippen LogP contribution in [-0.4, -0.2) is 84.1 Å². The summed E-state index contributed by atoms with van der Waals surface area (Å²) in [5.74, 6) is 3.06. The molecule has 0 N–H and O–H groups in total. The predicted octanol–water partition coefficient (Wildman–Crippen LogP) is 1.90. The van der Waals surface area contributed by atoms with E-state index in [0.717, 1.165) is 94.6 Å². The number of fused-ring (bicyclic) bond motifs is 1. The highest BCUT2D eigenvalue weighted by molar-refractivity contribution is 5.95. The zero-order valence-corrected chi connectivity index (χ0v) is 19.2. The molecule has 8 nitrogen and oxygen atoms in total. The highest BCUT2D eigenvalue weighted by Gasteiger charge is 2.34. The van der Waals surface area contributed by atoms with Gasteiger partial charge in [-0.15, -0.1) is 0 Å². The second kappa shape index (κ2) is 9.43. The summed E-state index contributed by atoms with van der Waals surface area (Å²) < 4.78 is 5.38. The van der Waals surface area contributed by atoms with Gasteiger partial charge in [-0.25, -0.2) is 9.97 Å². The smallest absolute Gasteiger partial charge is 0.228 e. The number of rotatable bonds is 6. The first-order valence-corrected chi connectivity index (χ1v) is 12.3. The summed E-state index contributed by atoms with van der Waals surface area (Å²) in [6.07, 6.45) is 6.10. The molecule has 1 aromatic rings. The number of likely N-dealkylation sites (tertiary alicyclic amines) is 1. The summed E-state index contributed by atoms with van der Waals surface area (Å²) in [4.78, 5) is 41.4. The molecular weight excluding hydrogens is 406 g/mol. The lowest BCUT2D eigenvalue weighted by molar-refractivity contribution is -0.132. The zero-order valence-electron chi connectivity index (χ0n) is 19.2. The Bertz CT molecular complexity index is 857. The lowest BCUT2D eigenvalue weighted by Gasteiger charge is -2.34. The van der Waals surface area contributed by atoms with Crippen LogP contribution in [-0.2, 0) is 20.7 Å². The third kappa shape index (κ3) is 4.81. The molecule has 0 atom stereocenters. The molecule has 5 rings (SSSR count). The highest BCUT2D eigenvalue weighted by atomic mass is 16.5. The molecule has 4 aliphatic rings. The topological polar surface area (TPSA) is 78.9 Å². The van der Waals surface area contributed by atoms with Crippen LogP contribution in [0.1, 0.15) is 61.5 Å². The van der Waals surface area contributed by atoms with Crippen LogP contribution in [0, 0.1) is 12.8 Å². The van der Waals surface area contributed by atoms with Crippen molar-refractivity contribution in [3.63, 3.8) is 0 Å². The predicted molar refractivity (Wildman–Crippen MR) is 121 cm³/mol. The van der Waals surface area contributed by atoms with Gasteiger partial charge in [-0.1, -0.05) is 0 Å². The summed E-state index contributed by atoms with van der Waals surface area (Å²) in [7, 11) is 0. The number of aromatic nitrogens is 2. The van der Waals surface area contributed by atoms with Gasteiger partial charge >= 0.3 is 0 Å². The number of morpholine rings is 1. The third-order valence-electron chi connectivity index (χ3n) is 7.45. The van der Waals surface area contributed by atoms with Crippen LogP contribution in [0.5, 0.6) is 0 Å². The quantitative estimate of drug-likeness (QED) is 0.671. The van der Waals surface area contributed by atoms with Crippen LogP contribution in [0.3, 0.4) is 0 Å². The molecular formula is C24H35N5O3. The number of aryl methyl sites for hydroxylation is 1. The molecule has 1 saturated carbocycles. The van der Waals surface area contributed by atoms with Gasteiger partial charge in [-0.05, 0) is 44.9 Å². The van der Waals surface area contributed by atoms with Crippen molar-refractivity contribution < 1.29 is 14.3 Å². The standard InChI is InChI=1S/C24H35N5O3/c1-17-20-4-5-22(31)29(16-18-2-3-18)24(20)26-23(25-17)19-6-10-28(11-7-19)21(30)8-9-27-12-14-32-15-13-27/h18-19H,2-16H2,1H3. The van der Waals surface area contributed by atoms with Crippen molar-refractivity contribution in [2.45, 2.75) is 57.8 Å². The Labute approximate surface area is 190 Å². The fourth-order valence-electron chi connectivity index (χ4n) is 5.16. The Morgan fingerprint density at radius 1 is 1.03 bits per heavy atom. The number of amides is 2. The van der Waals surface area contributed by atoms with Crippen molar-refractivity contribution in [3.8, 4) is 0 Å². The molecule has 2 saturated heterocycles. The van der Waals surface area contributed by atoms with Gasteiger partial charge in [-0.3, -0.25) is 19.4 Å². The molecule has 1 aromatic heterocycles. The first kappa shape index (κ1) is 21.8. The van der Waals surface area contributed by atoms with E-state index >= 15 is 0 Å². The molecule has 0 aromatic carbocycles. The number of hydrogen-bond acceptors (Lipinski definition) is 6. The van der Waals surface area contributed by atoms with Crippen LogP contribution in [0.4, 0.5) is 5.82 Å². The Morgan fingerprint density at radius 2 is 1.78 bits per heavy atom. The Hall–Kier alpha value is -2.06. The van der Waals surface area contributed by atoms with E-state index in [1.54, 1.807) is 0 Å². The van der Waals surface area contributed by atoms with Gasteiger partial charge in [0.25, 0.3) is 0 Å². The molecule has 174 valence electrons. The zero-order chi connectivity index (χ0) is 22.1. The second-order valence-electron chi connectivity index (χ2n) is 9.78. The lowest BCUT2D eigenvalue weighted by Crippen LogP contribution is -2.42. The first-order chi connectivity index (χ1) is 15.6. The van der Waals surface area contributed by atoms with Crippen LogP contribution >= 0.6 is 0 Å². The normalized spacial score (nSPS) is 22.8. The van der Waals surface area contributed by atoms with Crippen molar-refractivity contribution in [3.05, 3.63) is 17.1 Å². The summed E-state index contributed by atoms with van der Waals surface area (Å²) >= 11 is 0. The third-order valence-corrected chi connectivity index (χ3v) is 7.45. The Morgan fingerprint density at radius 3 is 2.50 bits per heavy atom. The largest absolute Gasteiger partial charge is 0.379 e. The minimum Gasteiger partial charge on any atom is -0.379 e. The van der Waals surface area contributed by atoms with E-state index in [0.29, 0.717) is 18.8 Å². The van der Waals surface area contributed by atoms with Crippen LogP contribution in [0.2, 0.25) is 0 Å². The molecule has 0 bridgehead atoms. The molecule has 2 amide bonds. The number of nitrogens with zero attached hydrogens (tertiary/aromatic N) is 5. The molecule has 8 heteroatoms. The fraction of sp³-hybridized carbons (Fsp3) is 0.750. The van der Waals surface area contributed by atoms with Gasteiger partial charge in [0.2, 0.25) is 11.8 Å². The monoisotopic (exact) mass is 441 g/mol. The van der Waals surface area contributed by atoms with Crippen LogP contribution < -0.4 is 4.90 Å². The number of carbonyl (C=O) groups is 2. The van der Waals surface area contributed by atoms with E-state index < -0.39 is 0 Å². The van der Waals surface area contributed by atoms with E-state index in [1.165, 1.54) is 12.8 Å². The van der Waals surface area contributed by atoms with Crippen molar-refractivity contribution in [2.75, 3.05) is 57.4 Å².